The Bertz CT molecular complexity index is 749. The van der Waals surface area contributed by atoms with Crippen molar-refractivity contribution >= 4 is 17.2 Å². The Morgan fingerprint density at radius 2 is 2.04 bits per heavy atom. The monoisotopic (exact) mass is 343 g/mol. The Morgan fingerprint density at radius 3 is 2.83 bits per heavy atom. The third-order valence-electron chi connectivity index (χ3n) is 5.08. The first-order chi connectivity index (χ1) is 11.8. The van der Waals surface area contributed by atoms with Crippen molar-refractivity contribution in [3.8, 4) is 5.75 Å². The smallest absolute Gasteiger partial charge is 0.139 e. The second kappa shape index (κ2) is 6.98. The van der Waals surface area contributed by atoms with Crippen LogP contribution in [0.1, 0.15) is 56.7 Å². The molecule has 2 aromatic heterocycles. The lowest BCUT2D eigenvalue weighted by Crippen LogP contribution is -2.21. The van der Waals surface area contributed by atoms with E-state index in [1.165, 1.54) is 48.9 Å². The molecule has 1 saturated carbocycles. The predicted molar refractivity (Wildman–Crippen MR) is 95.2 cm³/mol. The minimum Gasteiger partial charge on any atom is -0.488 e. The summed E-state index contributed by atoms with van der Waals surface area (Å²) in [5.41, 5.74) is 4.12. The molecule has 2 aliphatic carbocycles. The van der Waals surface area contributed by atoms with Crippen LogP contribution in [0.5, 0.6) is 5.75 Å². The highest BCUT2D eigenvalue weighted by Gasteiger charge is 2.25. The number of hydrogen-bond acceptors (Lipinski definition) is 3. The Labute approximate surface area is 147 Å². The number of pyridine rings is 1. The van der Waals surface area contributed by atoms with Gasteiger partial charge in [-0.25, -0.2) is 0 Å². The SMILES string of the molecule is Clc1cncc(OCC2=C(c3ccnn3C3CCC3)CCCC2)c1. The van der Waals surface area contributed by atoms with Crippen LogP contribution < -0.4 is 4.74 Å². The molecule has 0 radical (unpaired) electrons. The summed E-state index contributed by atoms with van der Waals surface area (Å²) in [6, 6.07) is 4.57. The molecule has 0 spiro atoms. The van der Waals surface area contributed by atoms with Gasteiger partial charge in [-0.3, -0.25) is 9.67 Å². The van der Waals surface area contributed by atoms with E-state index in [2.05, 4.69) is 20.8 Å². The lowest BCUT2D eigenvalue weighted by molar-refractivity contribution is 0.286. The normalized spacial score (nSPS) is 18.5. The molecule has 1 fully saturated rings. The third-order valence-corrected chi connectivity index (χ3v) is 5.28. The van der Waals surface area contributed by atoms with E-state index in [0.717, 1.165) is 18.6 Å². The molecule has 0 amide bonds. The quantitative estimate of drug-likeness (QED) is 0.761. The molecule has 0 aliphatic heterocycles. The lowest BCUT2D eigenvalue weighted by Gasteiger charge is -2.29. The number of ether oxygens (including phenoxy) is 1. The number of rotatable bonds is 5. The number of hydrogen-bond donors (Lipinski definition) is 0. The molecule has 0 unspecified atom stereocenters. The van der Waals surface area contributed by atoms with E-state index < -0.39 is 0 Å². The summed E-state index contributed by atoms with van der Waals surface area (Å²) in [5.74, 6) is 0.729. The van der Waals surface area contributed by atoms with Gasteiger partial charge in [-0.05, 0) is 62.2 Å². The van der Waals surface area contributed by atoms with E-state index in [9.17, 15) is 0 Å². The number of allylic oxidation sites excluding steroid dienone is 1. The maximum Gasteiger partial charge on any atom is 0.139 e. The molecule has 0 aromatic carbocycles. The van der Waals surface area contributed by atoms with Crippen molar-refractivity contribution in [1.29, 1.82) is 0 Å². The van der Waals surface area contributed by atoms with Gasteiger partial charge < -0.3 is 4.74 Å². The molecule has 2 aromatic rings. The Balaban J connectivity index is 1.57. The van der Waals surface area contributed by atoms with Gasteiger partial charge in [-0.1, -0.05) is 11.6 Å². The van der Waals surface area contributed by atoms with Gasteiger partial charge in [0.2, 0.25) is 0 Å². The number of aromatic nitrogens is 3. The van der Waals surface area contributed by atoms with E-state index >= 15 is 0 Å². The number of nitrogens with zero attached hydrogens (tertiary/aromatic N) is 3. The Morgan fingerprint density at radius 1 is 1.17 bits per heavy atom. The summed E-state index contributed by atoms with van der Waals surface area (Å²) in [4.78, 5) is 4.09. The molecule has 126 valence electrons. The van der Waals surface area contributed by atoms with Crippen LogP contribution in [0.2, 0.25) is 5.02 Å². The maximum atomic E-state index is 5.99. The zero-order valence-electron chi connectivity index (χ0n) is 13.7. The number of halogens is 1. The summed E-state index contributed by atoms with van der Waals surface area (Å²) >= 11 is 5.99. The van der Waals surface area contributed by atoms with Gasteiger partial charge in [-0.2, -0.15) is 5.10 Å². The van der Waals surface area contributed by atoms with Gasteiger partial charge in [-0.15, -0.1) is 0 Å². The third kappa shape index (κ3) is 3.20. The molecule has 0 bridgehead atoms. The molecule has 24 heavy (non-hydrogen) atoms. The second-order valence-corrected chi connectivity index (χ2v) is 7.10. The standard InChI is InChI=1S/C19H22ClN3O/c20-15-10-17(12-21-11-15)24-13-14-4-1-2-7-18(14)19-8-9-22-23(19)16-5-3-6-16/h8-12,16H,1-7,13H2. The van der Waals surface area contributed by atoms with Gasteiger partial charge in [0, 0.05) is 18.5 Å². The van der Waals surface area contributed by atoms with Crippen LogP contribution in [0.25, 0.3) is 5.57 Å². The topological polar surface area (TPSA) is 39.9 Å². The van der Waals surface area contributed by atoms with Crippen LogP contribution in [-0.4, -0.2) is 21.4 Å². The van der Waals surface area contributed by atoms with Gasteiger partial charge >= 0.3 is 0 Å². The summed E-state index contributed by atoms with van der Waals surface area (Å²) in [6.07, 6.45) is 13.8. The van der Waals surface area contributed by atoms with Crippen LogP contribution in [0, 0.1) is 0 Å². The zero-order chi connectivity index (χ0) is 16.4. The minimum atomic E-state index is 0.587. The minimum absolute atomic E-state index is 0.587. The van der Waals surface area contributed by atoms with E-state index in [1.54, 1.807) is 12.4 Å². The van der Waals surface area contributed by atoms with E-state index in [4.69, 9.17) is 16.3 Å². The van der Waals surface area contributed by atoms with Gasteiger partial charge in [0.25, 0.3) is 0 Å². The van der Waals surface area contributed by atoms with Crippen molar-refractivity contribution in [2.45, 2.75) is 51.0 Å². The first kappa shape index (κ1) is 15.7. The average Bonchev–Trinajstić information content (AvgIpc) is 3.00. The summed E-state index contributed by atoms with van der Waals surface area (Å²) in [7, 11) is 0. The van der Waals surface area contributed by atoms with Crippen LogP contribution >= 0.6 is 11.6 Å². The van der Waals surface area contributed by atoms with Crippen LogP contribution in [-0.2, 0) is 0 Å². The van der Waals surface area contributed by atoms with Crippen LogP contribution in [0.4, 0.5) is 0 Å². The molecular weight excluding hydrogens is 322 g/mol. The first-order valence-corrected chi connectivity index (χ1v) is 9.17. The molecule has 4 nitrogen and oxygen atoms in total. The fourth-order valence-corrected chi connectivity index (χ4v) is 3.72. The summed E-state index contributed by atoms with van der Waals surface area (Å²) in [5, 5.41) is 5.20. The van der Waals surface area contributed by atoms with E-state index in [1.807, 2.05) is 12.3 Å². The van der Waals surface area contributed by atoms with Crippen molar-refractivity contribution in [3.63, 3.8) is 0 Å². The van der Waals surface area contributed by atoms with Gasteiger partial charge in [0.1, 0.15) is 12.4 Å². The van der Waals surface area contributed by atoms with Crippen molar-refractivity contribution in [2.24, 2.45) is 0 Å². The molecule has 0 N–H and O–H groups in total. The molecule has 5 heteroatoms. The van der Waals surface area contributed by atoms with Crippen LogP contribution in [0.15, 0.2) is 36.3 Å². The Kier molecular flexibility index (Phi) is 4.56. The molecule has 2 heterocycles. The van der Waals surface area contributed by atoms with Crippen molar-refractivity contribution in [1.82, 2.24) is 14.8 Å². The van der Waals surface area contributed by atoms with Gasteiger partial charge in [0.05, 0.1) is 23.0 Å². The summed E-state index contributed by atoms with van der Waals surface area (Å²) < 4.78 is 8.20. The zero-order valence-corrected chi connectivity index (χ0v) is 14.5. The molecule has 0 atom stereocenters. The summed E-state index contributed by atoms with van der Waals surface area (Å²) in [6.45, 7) is 0.604. The van der Waals surface area contributed by atoms with E-state index in [-0.39, 0.29) is 0 Å². The van der Waals surface area contributed by atoms with Gasteiger partial charge in [0.15, 0.2) is 0 Å². The van der Waals surface area contributed by atoms with Crippen molar-refractivity contribution in [3.05, 3.63) is 47.0 Å². The lowest BCUT2D eigenvalue weighted by atomic mass is 9.88. The van der Waals surface area contributed by atoms with Crippen LogP contribution in [0.3, 0.4) is 0 Å². The second-order valence-electron chi connectivity index (χ2n) is 6.66. The Hall–Kier alpha value is -1.81. The molecule has 4 rings (SSSR count). The molecule has 0 saturated heterocycles. The largest absolute Gasteiger partial charge is 0.488 e. The highest BCUT2D eigenvalue weighted by Crippen LogP contribution is 2.37. The van der Waals surface area contributed by atoms with Crippen molar-refractivity contribution < 1.29 is 4.74 Å². The maximum absolute atomic E-state index is 5.99. The fourth-order valence-electron chi connectivity index (χ4n) is 3.55. The van der Waals surface area contributed by atoms with Crippen molar-refractivity contribution in [2.75, 3.05) is 6.61 Å². The fraction of sp³-hybridized carbons (Fsp3) is 0.474. The first-order valence-electron chi connectivity index (χ1n) is 8.79. The molecular formula is C19H22ClN3O. The van der Waals surface area contributed by atoms with E-state index in [0.29, 0.717) is 17.7 Å². The average molecular weight is 344 g/mol. The highest BCUT2D eigenvalue weighted by molar-refractivity contribution is 6.30. The molecule has 2 aliphatic rings. The highest BCUT2D eigenvalue weighted by atomic mass is 35.5. The predicted octanol–water partition coefficient (Wildman–Crippen LogP) is 5.06.